The largest absolute Gasteiger partial charge is 0.400 e. The highest BCUT2D eigenvalue weighted by Gasteiger charge is 2.10. The van der Waals surface area contributed by atoms with Gasteiger partial charge in [-0.05, 0) is 50.5 Å². The maximum absolute atomic E-state index is 12.1. The Labute approximate surface area is 179 Å². The zero-order valence-corrected chi connectivity index (χ0v) is 19.3. The van der Waals surface area contributed by atoms with Crippen molar-refractivity contribution in [1.29, 1.82) is 0 Å². The summed E-state index contributed by atoms with van der Waals surface area (Å²) >= 11 is -2.91. The minimum Gasteiger partial charge on any atom is -0.400 e. The van der Waals surface area contributed by atoms with Crippen LogP contribution in [-0.2, 0) is 30.5 Å². The molecule has 2 aromatic carbocycles. The number of hydrogen-bond acceptors (Lipinski definition) is 6. The van der Waals surface area contributed by atoms with Crippen molar-refractivity contribution in [2.75, 3.05) is 27.4 Å². The van der Waals surface area contributed by atoms with Crippen molar-refractivity contribution in [3.63, 3.8) is 0 Å². The van der Waals surface area contributed by atoms with Crippen LogP contribution in [0.5, 0.6) is 0 Å². The molecule has 6 nitrogen and oxygen atoms in total. The maximum Gasteiger partial charge on any atom is 0.189 e. The number of aryl methyl sites for hydroxylation is 2. The van der Waals surface area contributed by atoms with E-state index in [1.165, 1.54) is 0 Å². The van der Waals surface area contributed by atoms with Crippen LogP contribution in [0.3, 0.4) is 0 Å². The summed E-state index contributed by atoms with van der Waals surface area (Å²) in [5.74, 6) is 0.157. The Morgan fingerprint density at radius 3 is 1.55 bits per heavy atom. The third-order valence-electron chi connectivity index (χ3n) is 3.69. The summed E-state index contributed by atoms with van der Waals surface area (Å²) in [5, 5.41) is 14.0. The van der Waals surface area contributed by atoms with E-state index in [0.717, 1.165) is 25.3 Å². The molecule has 0 aliphatic heterocycles. The van der Waals surface area contributed by atoms with Gasteiger partial charge in [-0.2, -0.15) is 0 Å². The van der Waals surface area contributed by atoms with Crippen LogP contribution in [0.2, 0.25) is 0 Å². The zero-order valence-electron chi connectivity index (χ0n) is 17.7. The SMILES string of the molecule is CO.CO.Cc1ccc(S(=O)OCCC(C)COS(=O)c2ccc(C)cc2)cc1. The number of aliphatic hydroxyl groups is 2. The molecule has 0 saturated heterocycles. The van der Waals surface area contributed by atoms with E-state index in [-0.39, 0.29) is 5.92 Å². The summed E-state index contributed by atoms with van der Waals surface area (Å²) in [6, 6.07) is 14.9. The van der Waals surface area contributed by atoms with Gasteiger partial charge in [-0.1, -0.05) is 42.3 Å². The van der Waals surface area contributed by atoms with Crippen molar-refractivity contribution in [3.8, 4) is 0 Å². The minimum absolute atomic E-state index is 0.157. The molecule has 0 spiro atoms. The van der Waals surface area contributed by atoms with E-state index in [2.05, 4.69) is 0 Å². The fourth-order valence-corrected chi connectivity index (χ4v) is 3.61. The van der Waals surface area contributed by atoms with Crippen molar-refractivity contribution in [3.05, 3.63) is 59.7 Å². The van der Waals surface area contributed by atoms with Gasteiger partial charge in [0, 0.05) is 14.2 Å². The van der Waals surface area contributed by atoms with Gasteiger partial charge in [0.1, 0.15) is 0 Å². The molecule has 2 aromatic rings. The first kappa shape index (κ1) is 27.6. The predicted octanol–water partition coefficient (Wildman–Crippen LogP) is 3.33. The van der Waals surface area contributed by atoms with Crippen molar-refractivity contribution < 1.29 is 27.0 Å². The van der Waals surface area contributed by atoms with Gasteiger partial charge in [0.25, 0.3) is 0 Å². The van der Waals surface area contributed by atoms with Crippen molar-refractivity contribution in [1.82, 2.24) is 0 Å². The molecular formula is C21H32O6S2. The van der Waals surface area contributed by atoms with Gasteiger partial charge in [-0.3, -0.25) is 8.37 Å². The molecule has 0 heterocycles. The Morgan fingerprint density at radius 1 is 0.759 bits per heavy atom. The summed E-state index contributed by atoms with van der Waals surface area (Å²) < 4.78 is 34.9. The third kappa shape index (κ3) is 11.4. The molecule has 0 fully saturated rings. The highest BCUT2D eigenvalue weighted by molar-refractivity contribution is 7.80. The van der Waals surface area contributed by atoms with Crippen LogP contribution in [0, 0.1) is 19.8 Å². The van der Waals surface area contributed by atoms with E-state index in [4.69, 9.17) is 18.6 Å². The number of aliphatic hydroxyl groups excluding tert-OH is 2. The molecule has 0 aliphatic rings. The summed E-state index contributed by atoms with van der Waals surface area (Å²) in [4.78, 5) is 1.32. The van der Waals surface area contributed by atoms with Crippen molar-refractivity contribution >= 4 is 22.2 Å². The van der Waals surface area contributed by atoms with E-state index in [1.54, 1.807) is 0 Å². The molecule has 3 atom stereocenters. The molecule has 2 rings (SSSR count). The van der Waals surface area contributed by atoms with Crippen molar-refractivity contribution in [2.24, 2.45) is 5.92 Å². The fraction of sp³-hybridized carbons (Fsp3) is 0.429. The summed E-state index contributed by atoms with van der Waals surface area (Å²) in [6.45, 7) is 6.68. The van der Waals surface area contributed by atoms with Gasteiger partial charge >= 0.3 is 0 Å². The van der Waals surface area contributed by atoms with Crippen LogP contribution in [0.15, 0.2) is 58.3 Å². The summed E-state index contributed by atoms with van der Waals surface area (Å²) in [6.07, 6.45) is 0.683. The van der Waals surface area contributed by atoms with Crippen molar-refractivity contribution in [2.45, 2.75) is 37.0 Å². The number of benzene rings is 2. The lowest BCUT2D eigenvalue weighted by atomic mass is 10.1. The second-order valence-corrected chi connectivity index (χ2v) is 8.45. The van der Waals surface area contributed by atoms with E-state index in [0.29, 0.717) is 29.4 Å². The lowest BCUT2D eigenvalue weighted by Crippen LogP contribution is -2.11. The van der Waals surface area contributed by atoms with Crippen LogP contribution in [0.1, 0.15) is 24.5 Å². The average molecular weight is 445 g/mol. The fourth-order valence-electron chi connectivity index (χ4n) is 2.02. The molecule has 2 N–H and O–H groups in total. The van der Waals surface area contributed by atoms with E-state index >= 15 is 0 Å². The molecule has 0 aliphatic carbocycles. The molecule has 0 saturated carbocycles. The van der Waals surface area contributed by atoms with E-state index in [1.807, 2.05) is 69.3 Å². The van der Waals surface area contributed by atoms with Gasteiger partial charge in [0.05, 0.1) is 23.0 Å². The first-order chi connectivity index (χ1) is 14.0. The lowest BCUT2D eigenvalue weighted by molar-refractivity contribution is 0.239. The van der Waals surface area contributed by atoms with Gasteiger partial charge in [-0.25, -0.2) is 8.42 Å². The third-order valence-corrected chi connectivity index (χ3v) is 5.73. The second kappa shape index (κ2) is 16.4. The molecule has 8 heteroatoms. The first-order valence-electron chi connectivity index (χ1n) is 9.08. The first-order valence-corrected chi connectivity index (χ1v) is 11.2. The standard InChI is InChI=1S/C19H24O4S2.2CH4O/c1-15-4-8-18(9-5-15)24(20)22-13-12-17(3)14-23-25(21)19-10-6-16(2)7-11-19;2*1-2/h4-11,17H,12-14H2,1-3H3;2*2H,1H3. The molecule has 164 valence electrons. The summed E-state index contributed by atoms with van der Waals surface area (Å²) in [5.41, 5.74) is 2.24. The summed E-state index contributed by atoms with van der Waals surface area (Å²) in [7, 11) is 2.00. The lowest BCUT2D eigenvalue weighted by Gasteiger charge is -2.11. The van der Waals surface area contributed by atoms with Crippen LogP contribution in [0.4, 0.5) is 0 Å². The molecule has 0 radical (unpaired) electrons. The Bertz CT molecular complexity index is 717. The Balaban J connectivity index is 0.00000184. The molecular weight excluding hydrogens is 412 g/mol. The Kier molecular flexibility index (Phi) is 15.6. The van der Waals surface area contributed by atoms with Crippen LogP contribution in [0.25, 0.3) is 0 Å². The van der Waals surface area contributed by atoms with E-state index in [9.17, 15) is 8.42 Å². The molecule has 3 unspecified atom stereocenters. The Morgan fingerprint density at radius 2 is 1.14 bits per heavy atom. The predicted molar refractivity (Wildman–Crippen MR) is 117 cm³/mol. The van der Waals surface area contributed by atoms with Crippen LogP contribution < -0.4 is 0 Å². The van der Waals surface area contributed by atoms with E-state index < -0.39 is 22.2 Å². The maximum atomic E-state index is 12.1. The van der Waals surface area contributed by atoms with Gasteiger partial charge in [-0.15, -0.1) is 0 Å². The molecule has 0 aromatic heterocycles. The second-order valence-electron chi connectivity index (χ2n) is 6.10. The van der Waals surface area contributed by atoms with Gasteiger partial charge < -0.3 is 10.2 Å². The highest BCUT2D eigenvalue weighted by atomic mass is 32.2. The number of rotatable bonds is 9. The molecule has 29 heavy (non-hydrogen) atoms. The average Bonchev–Trinajstić information content (AvgIpc) is 2.76. The molecule has 0 bridgehead atoms. The normalized spacial score (nSPS) is 13.2. The topological polar surface area (TPSA) is 93.1 Å². The van der Waals surface area contributed by atoms with Gasteiger partial charge in [0.2, 0.25) is 0 Å². The molecule has 0 amide bonds. The van der Waals surface area contributed by atoms with Crippen LogP contribution in [-0.4, -0.2) is 46.1 Å². The minimum atomic E-state index is -1.46. The van der Waals surface area contributed by atoms with Gasteiger partial charge in [0.15, 0.2) is 22.2 Å². The highest BCUT2D eigenvalue weighted by Crippen LogP contribution is 2.13. The quantitative estimate of drug-likeness (QED) is 0.616. The number of hydrogen-bond donors (Lipinski definition) is 2. The zero-order chi connectivity index (χ0) is 22.2. The smallest absolute Gasteiger partial charge is 0.189 e. The Hall–Kier alpha value is -1.42. The monoisotopic (exact) mass is 444 g/mol. The van der Waals surface area contributed by atoms with Crippen LogP contribution >= 0.6 is 0 Å².